The molecule has 0 spiro atoms. The Hall–Kier alpha value is -1.64. The van der Waals surface area contributed by atoms with Gasteiger partial charge in [0.2, 0.25) is 0 Å². The molecule has 1 aliphatic rings. The lowest BCUT2D eigenvalue weighted by molar-refractivity contribution is -0.0834. The molecular formula is C19H23NO. The standard InChI is InChI=1S/C19H23NO/c20-18-11-12-21-19(15-18,13-16-7-3-1-4-8-16)14-17-9-5-2-6-10-17/h1-10,18H,11-15,20H2. The maximum Gasteiger partial charge on any atom is 0.0777 e. The molecule has 1 atom stereocenters. The van der Waals surface area contributed by atoms with E-state index in [1.165, 1.54) is 11.1 Å². The van der Waals surface area contributed by atoms with Crippen molar-refractivity contribution in [3.8, 4) is 0 Å². The van der Waals surface area contributed by atoms with Crippen LogP contribution in [-0.4, -0.2) is 18.2 Å². The average molecular weight is 281 g/mol. The van der Waals surface area contributed by atoms with Crippen molar-refractivity contribution in [2.75, 3.05) is 6.61 Å². The van der Waals surface area contributed by atoms with Crippen LogP contribution in [0.1, 0.15) is 24.0 Å². The molecule has 0 amide bonds. The summed E-state index contributed by atoms with van der Waals surface area (Å²) in [5.74, 6) is 0. The van der Waals surface area contributed by atoms with E-state index in [1.807, 2.05) is 0 Å². The Morgan fingerprint density at radius 2 is 1.43 bits per heavy atom. The Labute approximate surface area is 126 Å². The lowest BCUT2D eigenvalue weighted by atomic mass is 9.80. The van der Waals surface area contributed by atoms with Crippen molar-refractivity contribution in [2.45, 2.75) is 37.3 Å². The first-order valence-electron chi connectivity index (χ1n) is 7.73. The highest BCUT2D eigenvalue weighted by atomic mass is 16.5. The number of nitrogens with two attached hydrogens (primary N) is 1. The second-order valence-electron chi connectivity index (χ2n) is 6.11. The summed E-state index contributed by atoms with van der Waals surface area (Å²) in [4.78, 5) is 0. The fraction of sp³-hybridized carbons (Fsp3) is 0.368. The fourth-order valence-electron chi connectivity index (χ4n) is 3.31. The van der Waals surface area contributed by atoms with Crippen LogP contribution < -0.4 is 5.73 Å². The van der Waals surface area contributed by atoms with Gasteiger partial charge in [0.25, 0.3) is 0 Å². The fourth-order valence-corrected chi connectivity index (χ4v) is 3.31. The third kappa shape index (κ3) is 3.72. The molecule has 1 heterocycles. The van der Waals surface area contributed by atoms with E-state index in [0.29, 0.717) is 0 Å². The Morgan fingerprint density at radius 1 is 0.905 bits per heavy atom. The van der Waals surface area contributed by atoms with Gasteiger partial charge in [-0.25, -0.2) is 0 Å². The molecule has 2 heteroatoms. The topological polar surface area (TPSA) is 35.2 Å². The maximum atomic E-state index is 6.26. The van der Waals surface area contributed by atoms with Crippen LogP contribution in [0.25, 0.3) is 0 Å². The molecule has 110 valence electrons. The molecule has 1 unspecified atom stereocenters. The highest BCUT2D eigenvalue weighted by Gasteiger charge is 2.36. The lowest BCUT2D eigenvalue weighted by Crippen LogP contribution is -2.48. The monoisotopic (exact) mass is 281 g/mol. The van der Waals surface area contributed by atoms with Crippen LogP contribution in [-0.2, 0) is 17.6 Å². The van der Waals surface area contributed by atoms with Gasteiger partial charge in [0.05, 0.1) is 5.60 Å². The van der Waals surface area contributed by atoms with Crippen molar-refractivity contribution in [3.63, 3.8) is 0 Å². The zero-order chi connectivity index (χ0) is 14.5. The Bertz CT molecular complexity index is 511. The van der Waals surface area contributed by atoms with Crippen LogP contribution >= 0.6 is 0 Å². The van der Waals surface area contributed by atoms with Crippen molar-refractivity contribution in [2.24, 2.45) is 5.73 Å². The predicted octanol–water partition coefficient (Wildman–Crippen LogP) is 3.35. The zero-order valence-corrected chi connectivity index (χ0v) is 12.4. The Balaban J connectivity index is 1.84. The third-order valence-electron chi connectivity index (χ3n) is 4.27. The minimum absolute atomic E-state index is 0.166. The summed E-state index contributed by atoms with van der Waals surface area (Å²) >= 11 is 0. The number of hydrogen-bond acceptors (Lipinski definition) is 2. The SMILES string of the molecule is NC1CCOC(Cc2ccccc2)(Cc2ccccc2)C1. The average Bonchev–Trinajstić information content (AvgIpc) is 2.49. The van der Waals surface area contributed by atoms with Gasteiger partial charge in [-0.15, -0.1) is 0 Å². The van der Waals surface area contributed by atoms with Crippen molar-refractivity contribution in [1.82, 2.24) is 0 Å². The third-order valence-corrected chi connectivity index (χ3v) is 4.27. The molecular weight excluding hydrogens is 258 g/mol. The van der Waals surface area contributed by atoms with Crippen molar-refractivity contribution < 1.29 is 4.74 Å². The maximum absolute atomic E-state index is 6.26. The van der Waals surface area contributed by atoms with Crippen LogP contribution in [0.5, 0.6) is 0 Å². The molecule has 3 rings (SSSR count). The van der Waals surface area contributed by atoms with Crippen molar-refractivity contribution in [1.29, 1.82) is 0 Å². The molecule has 2 N–H and O–H groups in total. The summed E-state index contributed by atoms with van der Waals surface area (Å²) in [6.45, 7) is 0.765. The lowest BCUT2D eigenvalue weighted by Gasteiger charge is -2.40. The minimum Gasteiger partial charge on any atom is -0.374 e. The minimum atomic E-state index is -0.166. The molecule has 1 aliphatic heterocycles. The number of rotatable bonds is 4. The Morgan fingerprint density at radius 3 is 1.90 bits per heavy atom. The molecule has 2 aromatic rings. The summed E-state index contributed by atoms with van der Waals surface area (Å²) in [7, 11) is 0. The summed E-state index contributed by atoms with van der Waals surface area (Å²) in [6.07, 6.45) is 3.75. The second kappa shape index (κ2) is 6.42. The van der Waals surface area contributed by atoms with E-state index in [4.69, 9.17) is 10.5 Å². The van der Waals surface area contributed by atoms with E-state index >= 15 is 0 Å². The first-order valence-corrected chi connectivity index (χ1v) is 7.73. The normalized spacial score (nSPS) is 21.1. The number of ether oxygens (including phenoxy) is 1. The van der Waals surface area contributed by atoms with Crippen LogP contribution in [0, 0.1) is 0 Å². The predicted molar refractivity (Wildman–Crippen MR) is 86.2 cm³/mol. The molecule has 0 bridgehead atoms. The van der Waals surface area contributed by atoms with E-state index in [9.17, 15) is 0 Å². The quantitative estimate of drug-likeness (QED) is 0.932. The molecule has 1 saturated heterocycles. The van der Waals surface area contributed by atoms with Gasteiger partial charge in [-0.05, 0) is 24.0 Å². The molecule has 2 aromatic carbocycles. The summed E-state index contributed by atoms with van der Waals surface area (Å²) in [6, 6.07) is 21.4. The number of hydrogen-bond donors (Lipinski definition) is 1. The van der Waals surface area contributed by atoms with Crippen molar-refractivity contribution >= 4 is 0 Å². The van der Waals surface area contributed by atoms with Gasteiger partial charge >= 0.3 is 0 Å². The van der Waals surface area contributed by atoms with Gasteiger partial charge < -0.3 is 10.5 Å². The van der Waals surface area contributed by atoms with Gasteiger partial charge in [0.15, 0.2) is 0 Å². The van der Waals surface area contributed by atoms with Gasteiger partial charge in [-0.1, -0.05) is 60.7 Å². The summed E-state index contributed by atoms with van der Waals surface area (Å²) in [5, 5.41) is 0. The smallest absolute Gasteiger partial charge is 0.0777 e. The molecule has 0 radical (unpaired) electrons. The highest BCUT2D eigenvalue weighted by molar-refractivity contribution is 5.22. The van der Waals surface area contributed by atoms with Gasteiger partial charge in [0, 0.05) is 25.5 Å². The van der Waals surface area contributed by atoms with Gasteiger partial charge in [-0.2, -0.15) is 0 Å². The molecule has 2 nitrogen and oxygen atoms in total. The molecule has 0 aliphatic carbocycles. The van der Waals surface area contributed by atoms with Gasteiger partial charge in [-0.3, -0.25) is 0 Å². The van der Waals surface area contributed by atoms with E-state index in [2.05, 4.69) is 60.7 Å². The molecule has 1 fully saturated rings. The van der Waals surface area contributed by atoms with E-state index in [0.717, 1.165) is 32.3 Å². The molecule has 21 heavy (non-hydrogen) atoms. The zero-order valence-electron chi connectivity index (χ0n) is 12.4. The highest BCUT2D eigenvalue weighted by Crippen LogP contribution is 2.32. The van der Waals surface area contributed by atoms with E-state index in [1.54, 1.807) is 0 Å². The van der Waals surface area contributed by atoms with E-state index in [-0.39, 0.29) is 11.6 Å². The van der Waals surface area contributed by atoms with Crippen LogP contribution in [0.2, 0.25) is 0 Å². The van der Waals surface area contributed by atoms with Crippen LogP contribution in [0.4, 0.5) is 0 Å². The van der Waals surface area contributed by atoms with E-state index < -0.39 is 0 Å². The summed E-state index contributed by atoms with van der Waals surface area (Å²) in [5.41, 5.74) is 8.71. The molecule has 0 saturated carbocycles. The molecule has 0 aromatic heterocycles. The van der Waals surface area contributed by atoms with Crippen molar-refractivity contribution in [3.05, 3.63) is 71.8 Å². The van der Waals surface area contributed by atoms with Crippen LogP contribution in [0.15, 0.2) is 60.7 Å². The summed E-state index contributed by atoms with van der Waals surface area (Å²) < 4.78 is 6.26. The van der Waals surface area contributed by atoms with Gasteiger partial charge in [0.1, 0.15) is 0 Å². The first-order chi connectivity index (χ1) is 10.3. The second-order valence-corrected chi connectivity index (χ2v) is 6.11. The Kier molecular flexibility index (Phi) is 4.37. The van der Waals surface area contributed by atoms with Crippen LogP contribution in [0.3, 0.4) is 0 Å². The largest absolute Gasteiger partial charge is 0.374 e. The number of benzene rings is 2. The first kappa shape index (κ1) is 14.3.